The molecule has 2 aliphatic heterocycles. The second kappa shape index (κ2) is 9.02. The van der Waals surface area contributed by atoms with Crippen molar-refractivity contribution in [1.82, 2.24) is 19.4 Å². The van der Waals surface area contributed by atoms with Gasteiger partial charge < -0.3 is 15.1 Å². The number of sulfonamides is 1. The summed E-state index contributed by atoms with van der Waals surface area (Å²) < 4.78 is 54.0. The number of carbonyl (C=O) groups is 1. The maximum atomic E-state index is 13.6. The molecule has 1 saturated heterocycles. The van der Waals surface area contributed by atoms with Gasteiger partial charge in [0.25, 0.3) is 5.91 Å². The highest BCUT2D eigenvalue weighted by Gasteiger charge is 2.35. The summed E-state index contributed by atoms with van der Waals surface area (Å²) in [6.07, 6.45) is 0. The van der Waals surface area contributed by atoms with Crippen molar-refractivity contribution in [2.45, 2.75) is 18.0 Å². The zero-order valence-electron chi connectivity index (χ0n) is 19.0. The summed E-state index contributed by atoms with van der Waals surface area (Å²) in [4.78, 5) is 16.9. The van der Waals surface area contributed by atoms with Crippen molar-refractivity contribution < 1.29 is 22.0 Å². The van der Waals surface area contributed by atoms with E-state index < -0.39 is 26.6 Å². The molecule has 12 heteroatoms. The SMILES string of the molecule is CN1CCN(c2ccc(C(=O)Nc3n[nH]c4c3CN(S(=O)(=O)c3cc(F)cc(F)c3)C4)cc2)CC1. The van der Waals surface area contributed by atoms with E-state index in [0.29, 0.717) is 22.9 Å². The van der Waals surface area contributed by atoms with Crippen LogP contribution in [-0.2, 0) is 23.1 Å². The van der Waals surface area contributed by atoms with E-state index in [-0.39, 0.29) is 24.8 Å². The molecule has 2 aliphatic rings. The van der Waals surface area contributed by atoms with Gasteiger partial charge in [-0.05, 0) is 43.4 Å². The van der Waals surface area contributed by atoms with E-state index in [1.165, 1.54) is 0 Å². The minimum absolute atomic E-state index is 0.0572. The van der Waals surface area contributed by atoms with Gasteiger partial charge in [0.1, 0.15) is 11.6 Å². The summed E-state index contributed by atoms with van der Waals surface area (Å²) >= 11 is 0. The van der Waals surface area contributed by atoms with Crippen LogP contribution < -0.4 is 10.2 Å². The van der Waals surface area contributed by atoms with Gasteiger partial charge in [0.15, 0.2) is 5.82 Å². The Morgan fingerprint density at radius 2 is 1.66 bits per heavy atom. The van der Waals surface area contributed by atoms with Crippen LogP contribution in [0.2, 0.25) is 0 Å². The summed E-state index contributed by atoms with van der Waals surface area (Å²) in [5.74, 6) is -2.11. The van der Waals surface area contributed by atoms with Crippen molar-refractivity contribution in [3.63, 3.8) is 0 Å². The zero-order valence-corrected chi connectivity index (χ0v) is 19.8. The fourth-order valence-corrected chi connectivity index (χ4v) is 5.70. The van der Waals surface area contributed by atoms with Gasteiger partial charge in [0, 0.05) is 55.6 Å². The molecule has 1 fully saturated rings. The van der Waals surface area contributed by atoms with Crippen molar-refractivity contribution in [3.05, 3.63) is 70.9 Å². The summed E-state index contributed by atoms with van der Waals surface area (Å²) in [5, 5.41) is 9.58. The number of piperazine rings is 1. The Bertz CT molecular complexity index is 1350. The third-order valence-electron chi connectivity index (χ3n) is 6.33. The molecule has 2 N–H and O–H groups in total. The number of rotatable bonds is 5. The van der Waals surface area contributed by atoms with Gasteiger partial charge in [-0.3, -0.25) is 9.89 Å². The molecular formula is C23H24F2N6O3S. The van der Waals surface area contributed by atoms with Gasteiger partial charge in [-0.2, -0.15) is 9.40 Å². The second-order valence-corrected chi connectivity index (χ2v) is 10.6. The summed E-state index contributed by atoms with van der Waals surface area (Å²) in [6.45, 7) is 3.65. The molecule has 1 amide bonds. The van der Waals surface area contributed by atoms with E-state index in [0.717, 1.165) is 48.3 Å². The Balaban J connectivity index is 1.28. The predicted octanol–water partition coefficient (Wildman–Crippen LogP) is 2.40. The number of amides is 1. The highest BCUT2D eigenvalue weighted by molar-refractivity contribution is 7.89. The van der Waals surface area contributed by atoms with E-state index >= 15 is 0 Å². The number of aromatic nitrogens is 2. The lowest BCUT2D eigenvalue weighted by atomic mass is 10.1. The molecule has 1 aromatic heterocycles. The number of halogens is 2. The molecule has 0 saturated carbocycles. The molecule has 184 valence electrons. The molecule has 5 rings (SSSR count). The lowest BCUT2D eigenvalue weighted by Crippen LogP contribution is -2.44. The smallest absolute Gasteiger partial charge is 0.256 e. The maximum Gasteiger partial charge on any atom is 0.256 e. The number of aromatic amines is 1. The number of likely N-dealkylation sites (N-methyl/N-ethyl adjacent to an activating group) is 1. The first-order valence-corrected chi connectivity index (χ1v) is 12.5. The van der Waals surface area contributed by atoms with Crippen LogP contribution in [0.5, 0.6) is 0 Å². The number of benzene rings is 2. The maximum absolute atomic E-state index is 13.6. The van der Waals surface area contributed by atoms with Crippen molar-refractivity contribution in [2.75, 3.05) is 43.4 Å². The summed E-state index contributed by atoms with van der Waals surface area (Å²) in [7, 11) is -2.06. The Hall–Kier alpha value is -3.35. The molecule has 0 atom stereocenters. The number of nitrogens with zero attached hydrogens (tertiary/aromatic N) is 4. The first-order chi connectivity index (χ1) is 16.7. The van der Waals surface area contributed by atoms with Gasteiger partial charge in [-0.15, -0.1) is 0 Å². The number of hydrogen-bond acceptors (Lipinski definition) is 6. The van der Waals surface area contributed by atoms with Gasteiger partial charge >= 0.3 is 0 Å². The van der Waals surface area contributed by atoms with Crippen LogP contribution in [0.3, 0.4) is 0 Å². The van der Waals surface area contributed by atoms with E-state index in [1.54, 1.807) is 12.1 Å². The lowest BCUT2D eigenvalue weighted by Gasteiger charge is -2.34. The lowest BCUT2D eigenvalue weighted by molar-refractivity contribution is 0.102. The number of anilines is 2. The quantitative estimate of drug-likeness (QED) is 0.556. The molecule has 2 aromatic carbocycles. The van der Waals surface area contributed by atoms with Crippen molar-refractivity contribution in [1.29, 1.82) is 0 Å². The predicted molar refractivity (Wildman–Crippen MR) is 125 cm³/mol. The van der Waals surface area contributed by atoms with Gasteiger partial charge in [0.05, 0.1) is 17.1 Å². The van der Waals surface area contributed by atoms with Crippen molar-refractivity contribution >= 4 is 27.4 Å². The molecule has 0 spiro atoms. The van der Waals surface area contributed by atoms with E-state index in [9.17, 15) is 22.0 Å². The molecule has 0 aliphatic carbocycles. The zero-order chi connectivity index (χ0) is 24.7. The minimum Gasteiger partial charge on any atom is -0.369 e. The molecule has 3 heterocycles. The monoisotopic (exact) mass is 502 g/mol. The van der Waals surface area contributed by atoms with Crippen LogP contribution in [0.4, 0.5) is 20.3 Å². The first kappa shape index (κ1) is 23.4. The molecule has 9 nitrogen and oxygen atoms in total. The Morgan fingerprint density at radius 3 is 2.31 bits per heavy atom. The van der Waals surface area contributed by atoms with Gasteiger partial charge in [0.2, 0.25) is 10.0 Å². The average Bonchev–Trinajstić information content (AvgIpc) is 3.42. The summed E-state index contributed by atoms with van der Waals surface area (Å²) in [6, 6.07) is 9.45. The molecule has 0 radical (unpaired) electrons. The molecule has 0 unspecified atom stereocenters. The highest BCUT2D eigenvalue weighted by atomic mass is 32.2. The Morgan fingerprint density at radius 1 is 1.00 bits per heavy atom. The van der Waals surface area contributed by atoms with E-state index in [4.69, 9.17) is 0 Å². The topological polar surface area (TPSA) is 102 Å². The normalized spacial score (nSPS) is 16.9. The minimum atomic E-state index is -4.15. The van der Waals surface area contributed by atoms with Crippen LogP contribution in [0, 0.1) is 11.6 Å². The number of carbonyl (C=O) groups excluding carboxylic acids is 1. The van der Waals surface area contributed by atoms with Crippen molar-refractivity contribution in [3.8, 4) is 0 Å². The van der Waals surface area contributed by atoms with Crippen LogP contribution in [0.25, 0.3) is 0 Å². The molecular weight excluding hydrogens is 478 g/mol. The first-order valence-electron chi connectivity index (χ1n) is 11.1. The number of nitrogens with one attached hydrogen (secondary N) is 2. The van der Waals surface area contributed by atoms with Gasteiger partial charge in [-0.1, -0.05) is 0 Å². The third kappa shape index (κ3) is 4.64. The van der Waals surface area contributed by atoms with Crippen molar-refractivity contribution in [2.24, 2.45) is 0 Å². The van der Waals surface area contributed by atoms with Crippen LogP contribution >= 0.6 is 0 Å². The molecule has 35 heavy (non-hydrogen) atoms. The Kier molecular flexibility index (Phi) is 6.03. The number of hydrogen-bond donors (Lipinski definition) is 2. The highest BCUT2D eigenvalue weighted by Crippen LogP contribution is 2.32. The van der Waals surface area contributed by atoms with Gasteiger partial charge in [-0.25, -0.2) is 17.2 Å². The number of fused-ring (bicyclic) bond motifs is 1. The third-order valence-corrected chi connectivity index (χ3v) is 8.09. The largest absolute Gasteiger partial charge is 0.369 e. The van der Waals surface area contributed by atoms with Crippen LogP contribution in [0.1, 0.15) is 21.6 Å². The van der Waals surface area contributed by atoms with Crippen LogP contribution in [0.15, 0.2) is 47.4 Å². The second-order valence-electron chi connectivity index (χ2n) is 8.70. The standard InChI is InChI=1S/C23H24F2N6O3S/c1-29-6-8-30(9-7-29)18-4-2-15(3-5-18)23(32)26-22-20-13-31(14-21(20)27-28-22)35(33,34)19-11-16(24)10-17(25)12-19/h2-5,10-12H,6-9,13-14H2,1H3,(H2,26,27,28,32). The number of H-pyrrole nitrogens is 1. The fourth-order valence-electron chi connectivity index (χ4n) is 4.28. The Labute approximate surface area is 201 Å². The van der Waals surface area contributed by atoms with E-state index in [2.05, 4.69) is 32.4 Å². The molecule has 3 aromatic rings. The summed E-state index contributed by atoms with van der Waals surface area (Å²) in [5.41, 5.74) is 2.50. The van der Waals surface area contributed by atoms with E-state index in [1.807, 2.05) is 12.1 Å². The average molecular weight is 503 g/mol. The fraction of sp³-hybridized carbons (Fsp3) is 0.304. The van der Waals surface area contributed by atoms with Crippen LogP contribution in [-0.4, -0.2) is 67.0 Å². The molecule has 0 bridgehead atoms.